The van der Waals surface area contributed by atoms with E-state index < -0.39 is 5.97 Å². The lowest BCUT2D eigenvalue weighted by Gasteiger charge is -2.04. The highest BCUT2D eigenvalue weighted by Gasteiger charge is 2.14. The maximum absolute atomic E-state index is 12.1. The van der Waals surface area contributed by atoms with Crippen molar-refractivity contribution < 1.29 is 19.1 Å². The van der Waals surface area contributed by atoms with E-state index in [9.17, 15) is 9.59 Å². The molecule has 0 saturated heterocycles. The van der Waals surface area contributed by atoms with Crippen molar-refractivity contribution in [2.24, 2.45) is 0 Å². The van der Waals surface area contributed by atoms with Gasteiger partial charge >= 0.3 is 5.97 Å². The number of nitrogens with one attached hydrogen (secondary N) is 1. The summed E-state index contributed by atoms with van der Waals surface area (Å²) in [7, 11) is 1.30. The Bertz CT molecular complexity index is 990. The highest BCUT2D eigenvalue weighted by molar-refractivity contribution is 7.12. The van der Waals surface area contributed by atoms with Crippen molar-refractivity contribution in [1.82, 2.24) is 4.98 Å². The van der Waals surface area contributed by atoms with Crippen LogP contribution >= 0.6 is 22.7 Å². The van der Waals surface area contributed by atoms with Gasteiger partial charge in [0.1, 0.15) is 17.2 Å². The number of aryl methyl sites for hydroxylation is 1. The Morgan fingerprint density at radius 1 is 1.18 bits per heavy atom. The lowest BCUT2D eigenvalue weighted by atomic mass is 10.2. The zero-order chi connectivity index (χ0) is 19.9. The fourth-order valence-electron chi connectivity index (χ4n) is 2.31. The van der Waals surface area contributed by atoms with Gasteiger partial charge in [-0.25, -0.2) is 9.78 Å². The molecule has 0 aliphatic rings. The smallest absolute Gasteiger partial charge is 0.350 e. The molecule has 3 rings (SSSR count). The fourth-order valence-corrected chi connectivity index (χ4v) is 3.67. The van der Waals surface area contributed by atoms with Crippen molar-refractivity contribution in [1.29, 1.82) is 0 Å². The molecule has 2 heterocycles. The molecule has 0 bridgehead atoms. The molecule has 0 atom stereocenters. The predicted molar refractivity (Wildman–Crippen MR) is 111 cm³/mol. The van der Waals surface area contributed by atoms with Crippen molar-refractivity contribution in [2.45, 2.75) is 13.5 Å². The molecule has 0 unspecified atom stereocenters. The highest BCUT2D eigenvalue weighted by Crippen LogP contribution is 2.23. The largest absolute Gasteiger partial charge is 0.487 e. The van der Waals surface area contributed by atoms with Gasteiger partial charge in [0.25, 0.3) is 0 Å². The molecule has 6 nitrogen and oxygen atoms in total. The van der Waals surface area contributed by atoms with Gasteiger partial charge in [0.2, 0.25) is 5.91 Å². The first-order valence-corrected chi connectivity index (χ1v) is 10.1. The van der Waals surface area contributed by atoms with Gasteiger partial charge in [0, 0.05) is 11.5 Å². The number of nitrogens with zero attached hydrogens (tertiary/aromatic N) is 1. The predicted octanol–water partition coefficient (Wildman–Crippen LogP) is 4.53. The molecule has 0 saturated carbocycles. The first-order chi connectivity index (χ1) is 13.5. The quantitative estimate of drug-likeness (QED) is 0.454. The number of carbonyl (C=O) groups is 2. The Balaban J connectivity index is 1.54. The average molecular weight is 415 g/mol. The van der Waals surface area contributed by atoms with Crippen molar-refractivity contribution in [3.8, 4) is 5.75 Å². The number of aromatic nitrogens is 1. The van der Waals surface area contributed by atoms with Crippen LogP contribution in [0.4, 0.5) is 5.69 Å². The van der Waals surface area contributed by atoms with Crippen LogP contribution in [0.3, 0.4) is 0 Å². The molecule has 8 heteroatoms. The second-order valence-corrected chi connectivity index (χ2v) is 7.67. The monoisotopic (exact) mass is 414 g/mol. The van der Waals surface area contributed by atoms with Crippen LogP contribution in [0.25, 0.3) is 6.08 Å². The van der Waals surface area contributed by atoms with E-state index in [0.717, 1.165) is 22.0 Å². The van der Waals surface area contributed by atoms with Gasteiger partial charge in [-0.15, -0.1) is 22.7 Å². The number of methoxy groups -OCH3 is 1. The van der Waals surface area contributed by atoms with Crippen LogP contribution in [-0.2, 0) is 16.1 Å². The number of rotatable bonds is 7. The van der Waals surface area contributed by atoms with E-state index in [4.69, 9.17) is 9.47 Å². The molecular formula is C20H18N2O4S2. The van der Waals surface area contributed by atoms with E-state index >= 15 is 0 Å². The van der Waals surface area contributed by atoms with Crippen LogP contribution in [0.15, 0.2) is 47.2 Å². The van der Waals surface area contributed by atoms with Crippen molar-refractivity contribution in [3.63, 3.8) is 0 Å². The fraction of sp³-hybridized carbons (Fsp3) is 0.150. The minimum absolute atomic E-state index is 0.331. The van der Waals surface area contributed by atoms with Crippen LogP contribution in [0, 0.1) is 6.92 Å². The van der Waals surface area contributed by atoms with Crippen molar-refractivity contribution in [3.05, 3.63) is 68.3 Å². The Labute approximate surface area is 170 Å². The molecule has 1 amide bonds. The maximum atomic E-state index is 12.1. The number of benzene rings is 1. The first-order valence-electron chi connectivity index (χ1n) is 8.34. The number of ether oxygens (including phenoxy) is 2. The Morgan fingerprint density at radius 3 is 2.64 bits per heavy atom. The standard InChI is InChI=1S/C20H18N2O4S2/c1-13-21-15(12-28-13)11-26-16-6-3-14(4-7-16)5-8-18(23)22-17-9-10-27-19(17)20(24)25-2/h3-10,12H,11H2,1-2H3,(H,22,23). The summed E-state index contributed by atoms with van der Waals surface area (Å²) in [5.74, 6) is -0.0753. The van der Waals surface area contributed by atoms with E-state index in [-0.39, 0.29) is 5.91 Å². The topological polar surface area (TPSA) is 77.5 Å². The molecule has 1 aromatic carbocycles. The molecule has 0 fully saturated rings. The summed E-state index contributed by atoms with van der Waals surface area (Å²) < 4.78 is 10.4. The Kier molecular flexibility index (Phi) is 6.57. The number of carbonyl (C=O) groups excluding carboxylic acids is 2. The molecule has 144 valence electrons. The summed E-state index contributed by atoms with van der Waals surface area (Å²) in [4.78, 5) is 28.5. The Hall–Kier alpha value is -2.97. The van der Waals surface area contributed by atoms with E-state index in [0.29, 0.717) is 17.2 Å². The molecule has 2 aromatic heterocycles. The molecule has 0 radical (unpaired) electrons. The summed E-state index contributed by atoms with van der Waals surface area (Å²) in [6.07, 6.45) is 3.10. The second-order valence-electron chi connectivity index (χ2n) is 5.69. The second kappa shape index (κ2) is 9.29. The first kappa shape index (κ1) is 19.8. The number of hydrogen-bond acceptors (Lipinski definition) is 7. The number of esters is 1. The number of hydrogen-bond donors (Lipinski definition) is 1. The van der Waals surface area contributed by atoms with Crippen molar-refractivity contribution >= 4 is 46.3 Å². The molecule has 1 N–H and O–H groups in total. The van der Waals surface area contributed by atoms with E-state index in [1.165, 1.54) is 24.5 Å². The molecule has 0 spiro atoms. The molecule has 28 heavy (non-hydrogen) atoms. The lowest BCUT2D eigenvalue weighted by molar-refractivity contribution is -0.111. The van der Waals surface area contributed by atoms with Gasteiger partial charge in [0.05, 0.1) is 23.5 Å². The number of amides is 1. The molecule has 0 aliphatic carbocycles. The SMILES string of the molecule is COC(=O)c1sccc1NC(=O)C=Cc1ccc(OCc2csc(C)n2)cc1. The highest BCUT2D eigenvalue weighted by atomic mass is 32.1. The summed E-state index contributed by atoms with van der Waals surface area (Å²) in [5, 5.41) is 7.39. The average Bonchev–Trinajstić information content (AvgIpc) is 3.33. The third-order valence-corrected chi connectivity index (χ3v) is 5.37. The molecule has 0 aliphatic heterocycles. The van der Waals surface area contributed by atoms with Gasteiger partial charge in [-0.2, -0.15) is 0 Å². The number of thiophene rings is 1. The van der Waals surface area contributed by atoms with Crippen LogP contribution < -0.4 is 10.1 Å². The number of thiazole rings is 1. The van der Waals surface area contributed by atoms with Crippen LogP contribution in [0.5, 0.6) is 5.75 Å². The van der Waals surface area contributed by atoms with Gasteiger partial charge in [-0.3, -0.25) is 4.79 Å². The lowest BCUT2D eigenvalue weighted by Crippen LogP contribution is -2.10. The maximum Gasteiger partial charge on any atom is 0.350 e. The van der Waals surface area contributed by atoms with E-state index in [2.05, 4.69) is 10.3 Å². The molecular weight excluding hydrogens is 396 g/mol. The van der Waals surface area contributed by atoms with Gasteiger partial charge in [-0.1, -0.05) is 12.1 Å². The van der Waals surface area contributed by atoms with Crippen LogP contribution in [0.1, 0.15) is 25.9 Å². The number of anilines is 1. The zero-order valence-electron chi connectivity index (χ0n) is 15.3. The third-order valence-electron chi connectivity index (χ3n) is 3.65. The Morgan fingerprint density at radius 2 is 1.96 bits per heavy atom. The summed E-state index contributed by atoms with van der Waals surface area (Å²) in [5.41, 5.74) is 2.20. The van der Waals surface area contributed by atoms with E-state index in [1.54, 1.807) is 28.9 Å². The summed E-state index contributed by atoms with van der Waals surface area (Å²) in [6, 6.07) is 9.06. The summed E-state index contributed by atoms with van der Waals surface area (Å²) >= 11 is 2.81. The minimum Gasteiger partial charge on any atom is -0.487 e. The third kappa shape index (κ3) is 5.28. The normalized spacial score (nSPS) is 10.8. The summed E-state index contributed by atoms with van der Waals surface area (Å²) in [6.45, 7) is 2.38. The molecule has 3 aromatic rings. The minimum atomic E-state index is -0.474. The zero-order valence-corrected chi connectivity index (χ0v) is 16.9. The van der Waals surface area contributed by atoms with Gasteiger partial charge < -0.3 is 14.8 Å². The van der Waals surface area contributed by atoms with E-state index in [1.807, 2.05) is 36.6 Å². The van der Waals surface area contributed by atoms with Gasteiger partial charge in [-0.05, 0) is 42.1 Å². The van der Waals surface area contributed by atoms with Crippen molar-refractivity contribution in [2.75, 3.05) is 12.4 Å². The van der Waals surface area contributed by atoms with Crippen LogP contribution in [0.2, 0.25) is 0 Å². The van der Waals surface area contributed by atoms with Crippen LogP contribution in [-0.4, -0.2) is 24.0 Å². The van der Waals surface area contributed by atoms with Gasteiger partial charge in [0.15, 0.2) is 0 Å².